The molecule has 13 heavy (non-hydrogen) atoms. The molecule has 2 heterocycles. The van der Waals surface area contributed by atoms with Crippen LogP contribution < -0.4 is 10.6 Å². The van der Waals surface area contributed by atoms with Crippen LogP contribution in [0.3, 0.4) is 0 Å². The molecule has 5 nitrogen and oxygen atoms in total. The van der Waals surface area contributed by atoms with Gasteiger partial charge in [0.25, 0.3) is 0 Å². The van der Waals surface area contributed by atoms with Gasteiger partial charge in [-0.1, -0.05) is 0 Å². The van der Waals surface area contributed by atoms with E-state index in [1.807, 2.05) is 0 Å². The Bertz CT molecular complexity index is 276. The van der Waals surface area contributed by atoms with Crippen molar-refractivity contribution >= 4 is 11.7 Å². The molecule has 0 aromatic carbocycles. The number of nitrogens with one attached hydrogen (secondary N) is 3. The van der Waals surface area contributed by atoms with E-state index in [4.69, 9.17) is 0 Å². The summed E-state index contributed by atoms with van der Waals surface area (Å²) in [6, 6.07) is 1.69. The fraction of sp³-hybridized carbons (Fsp3) is 0.500. The zero-order valence-corrected chi connectivity index (χ0v) is 7.21. The Morgan fingerprint density at radius 2 is 2.62 bits per heavy atom. The molecule has 1 aliphatic heterocycles. The second kappa shape index (κ2) is 3.57. The van der Waals surface area contributed by atoms with Crippen LogP contribution >= 0.6 is 0 Å². The first-order valence-corrected chi connectivity index (χ1v) is 4.40. The summed E-state index contributed by atoms with van der Waals surface area (Å²) in [6.07, 6.45) is 3.60. The smallest absolute Gasteiger partial charge is 0.242 e. The molecule has 1 fully saturated rings. The fourth-order valence-electron chi connectivity index (χ4n) is 1.45. The van der Waals surface area contributed by atoms with Crippen molar-refractivity contribution in [2.45, 2.75) is 18.9 Å². The van der Waals surface area contributed by atoms with Crippen molar-refractivity contribution in [2.24, 2.45) is 0 Å². The predicted octanol–water partition coefficient (Wildman–Crippen LogP) is 0.100. The van der Waals surface area contributed by atoms with Crippen molar-refractivity contribution in [3.05, 3.63) is 12.3 Å². The van der Waals surface area contributed by atoms with Gasteiger partial charge >= 0.3 is 0 Å². The lowest BCUT2D eigenvalue weighted by atomic mass is 10.2. The fourth-order valence-corrected chi connectivity index (χ4v) is 1.45. The molecule has 1 aliphatic rings. The third-order valence-electron chi connectivity index (χ3n) is 2.14. The number of hydrogen-bond donors (Lipinski definition) is 3. The van der Waals surface area contributed by atoms with Crippen molar-refractivity contribution in [3.8, 4) is 0 Å². The first-order chi connectivity index (χ1) is 6.36. The highest BCUT2D eigenvalue weighted by Gasteiger charge is 2.21. The van der Waals surface area contributed by atoms with Crippen LogP contribution in [0.15, 0.2) is 12.3 Å². The normalized spacial score (nSPS) is 21.7. The van der Waals surface area contributed by atoms with Gasteiger partial charge in [0.1, 0.15) is 5.82 Å². The molecular formula is C8H12N4O. The molecule has 2 rings (SSSR count). The minimum absolute atomic E-state index is 0.0155. The van der Waals surface area contributed by atoms with Crippen LogP contribution in [-0.2, 0) is 4.79 Å². The van der Waals surface area contributed by atoms with Gasteiger partial charge in [0.05, 0.1) is 12.2 Å². The minimum Gasteiger partial charge on any atom is -0.310 e. The number of aromatic amines is 1. The maximum absolute atomic E-state index is 11.5. The Kier molecular flexibility index (Phi) is 2.27. The average Bonchev–Trinajstić information content (AvgIpc) is 2.74. The highest BCUT2D eigenvalue weighted by molar-refractivity contribution is 5.94. The Morgan fingerprint density at radius 1 is 1.69 bits per heavy atom. The lowest BCUT2D eigenvalue weighted by molar-refractivity contribution is -0.117. The number of H-pyrrole nitrogens is 1. The SMILES string of the molecule is O=C(Nc1ccn[nH]1)C1CCCN1. The quantitative estimate of drug-likeness (QED) is 0.604. The van der Waals surface area contributed by atoms with E-state index in [0.29, 0.717) is 5.82 Å². The monoisotopic (exact) mass is 180 g/mol. The Morgan fingerprint density at radius 3 is 3.23 bits per heavy atom. The zero-order chi connectivity index (χ0) is 9.10. The average molecular weight is 180 g/mol. The van der Waals surface area contributed by atoms with Gasteiger partial charge in [-0.2, -0.15) is 5.10 Å². The molecule has 1 atom stereocenters. The summed E-state index contributed by atoms with van der Waals surface area (Å²) in [5.41, 5.74) is 0. The summed E-state index contributed by atoms with van der Waals surface area (Å²) in [5, 5.41) is 12.3. The van der Waals surface area contributed by atoms with E-state index >= 15 is 0 Å². The summed E-state index contributed by atoms with van der Waals surface area (Å²) >= 11 is 0. The number of carbonyl (C=O) groups is 1. The van der Waals surface area contributed by atoms with Crippen LogP contribution in [0.2, 0.25) is 0 Å². The summed E-state index contributed by atoms with van der Waals surface area (Å²) in [6.45, 7) is 0.932. The van der Waals surface area contributed by atoms with Gasteiger partial charge in [-0.05, 0) is 19.4 Å². The zero-order valence-electron chi connectivity index (χ0n) is 7.21. The maximum atomic E-state index is 11.5. The number of nitrogens with zero attached hydrogens (tertiary/aromatic N) is 1. The van der Waals surface area contributed by atoms with Crippen LogP contribution in [0.5, 0.6) is 0 Å². The second-order valence-corrected chi connectivity index (χ2v) is 3.11. The molecule has 3 N–H and O–H groups in total. The predicted molar refractivity (Wildman–Crippen MR) is 48.2 cm³/mol. The lowest BCUT2D eigenvalue weighted by Crippen LogP contribution is -2.35. The molecule has 0 spiro atoms. The van der Waals surface area contributed by atoms with Crippen LogP contribution in [0.25, 0.3) is 0 Å². The molecule has 0 aliphatic carbocycles. The topological polar surface area (TPSA) is 69.8 Å². The molecule has 0 bridgehead atoms. The molecule has 5 heteroatoms. The van der Waals surface area contributed by atoms with Crippen molar-refractivity contribution < 1.29 is 4.79 Å². The second-order valence-electron chi connectivity index (χ2n) is 3.11. The van der Waals surface area contributed by atoms with E-state index in [1.54, 1.807) is 12.3 Å². The molecular weight excluding hydrogens is 168 g/mol. The Labute approximate surface area is 75.9 Å². The number of anilines is 1. The van der Waals surface area contributed by atoms with E-state index in [1.165, 1.54) is 0 Å². The Hall–Kier alpha value is -1.36. The highest BCUT2D eigenvalue weighted by Crippen LogP contribution is 2.07. The van der Waals surface area contributed by atoms with Crippen LogP contribution in [0.4, 0.5) is 5.82 Å². The number of rotatable bonds is 2. The molecule has 0 radical (unpaired) electrons. The van der Waals surface area contributed by atoms with E-state index in [9.17, 15) is 4.79 Å². The number of amides is 1. The summed E-state index contributed by atoms with van der Waals surface area (Å²) in [7, 11) is 0. The van der Waals surface area contributed by atoms with Gasteiger partial charge < -0.3 is 10.6 Å². The maximum Gasteiger partial charge on any atom is 0.242 e. The van der Waals surface area contributed by atoms with E-state index in [-0.39, 0.29) is 11.9 Å². The standard InChI is InChI=1S/C8H12N4O/c13-8(6-2-1-4-9-6)11-7-3-5-10-12-7/h3,5-6,9H,1-2,4H2,(H2,10,11,12,13). The van der Waals surface area contributed by atoms with E-state index in [2.05, 4.69) is 20.8 Å². The molecule has 70 valence electrons. The molecule has 1 amide bonds. The first kappa shape index (κ1) is 8.25. The first-order valence-electron chi connectivity index (χ1n) is 4.40. The minimum atomic E-state index is -0.0386. The highest BCUT2D eigenvalue weighted by atomic mass is 16.2. The van der Waals surface area contributed by atoms with Crippen molar-refractivity contribution in [1.29, 1.82) is 0 Å². The lowest BCUT2D eigenvalue weighted by Gasteiger charge is -2.08. The van der Waals surface area contributed by atoms with Crippen molar-refractivity contribution in [1.82, 2.24) is 15.5 Å². The third kappa shape index (κ3) is 1.86. The molecule has 1 aromatic rings. The van der Waals surface area contributed by atoms with Crippen LogP contribution in [0.1, 0.15) is 12.8 Å². The Balaban J connectivity index is 1.91. The number of aromatic nitrogens is 2. The number of hydrogen-bond acceptors (Lipinski definition) is 3. The van der Waals surface area contributed by atoms with Gasteiger partial charge in [0.15, 0.2) is 0 Å². The van der Waals surface area contributed by atoms with Gasteiger partial charge in [-0.15, -0.1) is 0 Å². The molecule has 1 saturated heterocycles. The van der Waals surface area contributed by atoms with Gasteiger partial charge in [-0.25, -0.2) is 0 Å². The van der Waals surface area contributed by atoms with Gasteiger partial charge in [0, 0.05) is 6.07 Å². The largest absolute Gasteiger partial charge is 0.310 e. The van der Waals surface area contributed by atoms with Crippen LogP contribution in [-0.4, -0.2) is 28.7 Å². The molecule has 0 saturated carbocycles. The van der Waals surface area contributed by atoms with E-state index < -0.39 is 0 Å². The van der Waals surface area contributed by atoms with Crippen molar-refractivity contribution in [3.63, 3.8) is 0 Å². The number of carbonyl (C=O) groups excluding carboxylic acids is 1. The summed E-state index contributed by atoms with van der Waals surface area (Å²) in [4.78, 5) is 11.5. The van der Waals surface area contributed by atoms with Gasteiger partial charge in [0.2, 0.25) is 5.91 Å². The molecule has 1 aromatic heterocycles. The summed E-state index contributed by atoms with van der Waals surface area (Å²) < 4.78 is 0. The van der Waals surface area contributed by atoms with Crippen LogP contribution in [0, 0.1) is 0 Å². The molecule has 1 unspecified atom stereocenters. The van der Waals surface area contributed by atoms with Crippen molar-refractivity contribution in [2.75, 3.05) is 11.9 Å². The van der Waals surface area contributed by atoms with Gasteiger partial charge in [-0.3, -0.25) is 9.89 Å². The van der Waals surface area contributed by atoms with E-state index in [0.717, 1.165) is 19.4 Å². The summed E-state index contributed by atoms with van der Waals surface area (Å²) in [5.74, 6) is 0.667. The third-order valence-corrected chi connectivity index (χ3v) is 2.14.